The fraction of sp³-hybridized carbons (Fsp3) is 0.0455. The Kier molecular flexibility index (Phi) is 4.82. The number of nitrogens with zero attached hydrogens (tertiary/aromatic N) is 6. The quantitative estimate of drug-likeness (QED) is 0.461. The standard InChI is InChI=1S/C22H17N7O2/c30-22(19-8-1-2-9-20(19)29-15-23-26-27-29)25-16-6-5-7-18(12-16)31-14-17-13-28-11-4-3-10-21(28)24-17/h1-13,15H,14H2,(H,25,30). The number of imidazole rings is 1. The third-order valence-electron chi connectivity index (χ3n) is 4.64. The van der Waals surface area contributed by atoms with Gasteiger partial charge in [0.25, 0.3) is 5.91 Å². The highest BCUT2D eigenvalue weighted by Gasteiger charge is 2.14. The Morgan fingerprint density at radius 1 is 1.03 bits per heavy atom. The van der Waals surface area contributed by atoms with Crippen molar-refractivity contribution in [3.63, 3.8) is 0 Å². The van der Waals surface area contributed by atoms with E-state index in [1.54, 1.807) is 30.3 Å². The van der Waals surface area contributed by atoms with Crippen molar-refractivity contribution in [3.05, 3.63) is 96.7 Å². The zero-order valence-electron chi connectivity index (χ0n) is 16.3. The largest absolute Gasteiger partial charge is 0.487 e. The predicted octanol–water partition coefficient (Wildman–Crippen LogP) is 3.14. The highest BCUT2D eigenvalue weighted by molar-refractivity contribution is 6.06. The number of para-hydroxylation sites is 1. The van der Waals surface area contributed by atoms with Gasteiger partial charge in [0.15, 0.2) is 0 Å². The van der Waals surface area contributed by atoms with E-state index in [1.807, 2.05) is 53.2 Å². The second-order valence-electron chi connectivity index (χ2n) is 6.74. The highest BCUT2D eigenvalue weighted by atomic mass is 16.5. The molecule has 152 valence electrons. The lowest BCUT2D eigenvalue weighted by molar-refractivity contribution is 0.102. The fourth-order valence-electron chi connectivity index (χ4n) is 3.21. The van der Waals surface area contributed by atoms with Gasteiger partial charge in [-0.2, -0.15) is 4.68 Å². The first-order valence-corrected chi connectivity index (χ1v) is 9.55. The molecular weight excluding hydrogens is 394 g/mol. The number of hydrogen-bond acceptors (Lipinski definition) is 6. The van der Waals surface area contributed by atoms with Gasteiger partial charge in [0.1, 0.15) is 24.3 Å². The number of ether oxygens (including phenoxy) is 1. The van der Waals surface area contributed by atoms with E-state index in [2.05, 4.69) is 25.8 Å². The number of amides is 1. The number of carbonyl (C=O) groups is 1. The van der Waals surface area contributed by atoms with Crippen molar-refractivity contribution in [2.24, 2.45) is 0 Å². The van der Waals surface area contributed by atoms with Crippen molar-refractivity contribution in [2.45, 2.75) is 6.61 Å². The maximum atomic E-state index is 12.9. The maximum absolute atomic E-state index is 12.9. The molecule has 1 amide bonds. The van der Waals surface area contributed by atoms with Crippen LogP contribution in [0.5, 0.6) is 5.75 Å². The van der Waals surface area contributed by atoms with Crippen LogP contribution in [0.25, 0.3) is 11.3 Å². The molecule has 0 bridgehead atoms. The first kappa shape index (κ1) is 18.5. The van der Waals surface area contributed by atoms with Crippen molar-refractivity contribution in [2.75, 3.05) is 5.32 Å². The van der Waals surface area contributed by atoms with Gasteiger partial charge in [0.2, 0.25) is 0 Å². The monoisotopic (exact) mass is 411 g/mol. The number of anilines is 1. The van der Waals surface area contributed by atoms with Gasteiger partial charge in [0.05, 0.1) is 16.9 Å². The Balaban J connectivity index is 1.30. The van der Waals surface area contributed by atoms with Gasteiger partial charge >= 0.3 is 0 Å². The average Bonchev–Trinajstić information content (AvgIpc) is 3.48. The Hall–Kier alpha value is -4.53. The second kappa shape index (κ2) is 8.07. The summed E-state index contributed by atoms with van der Waals surface area (Å²) in [6.45, 7) is 0.321. The number of tetrazole rings is 1. The van der Waals surface area contributed by atoms with Crippen LogP contribution in [0.4, 0.5) is 5.69 Å². The summed E-state index contributed by atoms with van der Waals surface area (Å²) >= 11 is 0. The molecule has 1 N–H and O–H groups in total. The van der Waals surface area contributed by atoms with Gasteiger partial charge in [-0.25, -0.2) is 4.98 Å². The molecule has 0 fully saturated rings. The zero-order valence-corrected chi connectivity index (χ0v) is 16.3. The molecule has 3 heterocycles. The molecule has 2 aromatic carbocycles. The van der Waals surface area contributed by atoms with Crippen LogP contribution < -0.4 is 10.1 Å². The molecule has 0 aliphatic carbocycles. The summed E-state index contributed by atoms with van der Waals surface area (Å²) < 4.78 is 9.26. The summed E-state index contributed by atoms with van der Waals surface area (Å²) in [6.07, 6.45) is 5.31. The smallest absolute Gasteiger partial charge is 0.257 e. The number of benzene rings is 2. The van der Waals surface area contributed by atoms with E-state index in [1.165, 1.54) is 11.0 Å². The van der Waals surface area contributed by atoms with Crippen molar-refractivity contribution < 1.29 is 9.53 Å². The molecule has 3 aromatic heterocycles. The lowest BCUT2D eigenvalue weighted by Crippen LogP contribution is -2.15. The van der Waals surface area contributed by atoms with E-state index in [-0.39, 0.29) is 5.91 Å². The normalized spacial score (nSPS) is 10.8. The van der Waals surface area contributed by atoms with Gasteiger partial charge in [-0.15, -0.1) is 5.10 Å². The third kappa shape index (κ3) is 3.97. The lowest BCUT2D eigenvalue weighted by Gasteiger charge is -2.11. The Morgan fingerprint density at radius 2 is 1.94 bits per heavy atom. The number of aromatic nitrogens is 6. The van der Waals surface area contributed by atoms with Gasteiger partial charge in [-0.1, -0.05) is 24.3 Å². The first-order chi connectivity index (χ1) is 15.3. The van der Waals surface area contributed by atoms with E-state index in [4.69, 9.17) is 4.74 Å². The molecule has 5 aromatic rings. The Bertz CT molecular complexity index is 1310. The van der Waals surface area contributed by atoms with Crippen LogP contribution in [-0.2, 0) is 6.61 Å². The van der Waals surface area contributed by atoms with Crippen LogP contribution in [0.15, 0.2) is 85.5 Å². The number of hydrogen-bond donors (Lipinski definition) is 1. The van der Waals surface area contributed by atoms with Gasteiger partial charge in [-0.05, 0) is 46.8 Å². The average molecular weight is 411 g/mol. The highest BCUT2D eigenvalue weighted by Crippen LogP contribution is 2.21. The minimum Gasteiger partial charge on any atom is -0.487 e. The molecule has 0 saturated carbocycles. The predicted molar refractivity (Wildman–Crippen MR) is 113 cm³/mol. The fourth-order valence-corrected chi connectivity index (χ4v) is 3.21. The zero-order chi connectivity index (χ0) is 21.0. The number of nitrogens with one attached hydrogen (secondary N) is 1. The van der Waals surface area contributed by atoms with E-state index in [9.17, 15) is 4.79 Å². The third-order valence-corrected chi connectivity index (χ3v) is 4.64. The first-order valence-electron chi connectivity index (χ1n) is 9.55. The molecular formula is C22H17N7O2. The molecule has 0 aliphatic heterocycles. The minimum absolute atomic E-state index is 0.274. The van der Waals surface area contributed by atoms with Gasteiger partial charge in [0, 0.05) is 24.1 Å². The number of rotatable bonds is 6. The molecule has 0 aliphatic rings. The van der Waals surface area contributed by atoms with Crippen molar-refractivity contribution in [3.8, 4) is 11.4 Å². The molecule has 9 heteroatoms. The molecule has 0 radical (unpaired) electrons. The number of carbonyl (C=O) groups excluding carboxylic acids is 1. The van der Waals surface area contributed by atoms with E-state index in [0.29, 0.717) is 29.3 Å². The van der Waals surface area contributed by atoms with Crippen molar-refractivity contribution >= 4 is 17.2 Å². The molecule has 0 saturated heterocycles. The molecule has 0 unspecified atom stereocenters. The molecule has 9 nitrogen and oxygen atoms in total. The molecule has 5 rings (SSSR count). The molecule has 0 atom stereocenters. The van der Waals surface area contributed by atoms with Gasteiger partial charge in [-0.3, -0.25) is 4.79 Å². The Morgan fingerprint density at radius 3 is 2.81 bits per heavy atom. The van der Waals surface area contributed by atoms with E-state index < -0.39 is 0 Å². The van der Waals surface area contributed by atoms with Crippen LogP contribution >= 0.6 is 0 Å². The van der Waals surface area contributed by atoms with Crippen LogP contribution in [0.1, 0.15) is 16.1 Å². The SMILES string of the molecule is O=C(Nc1cccc(OCc2cn3ccccc3n2)c1)c1ccccc1-n1cnnn1. The van der Waals surface area contributed by atoms with Crippen LogP contribution in [0.2, 0.25) is 0 Å². The van der Waals surface area contributed by atoms with E-state index in [0.717, 1.165) is 11.3 Å². The summed E-state index contributed by atoms with van der Waals surface area (Å²) in [6, 6.07) is 20.2. The molecule has 31 heavy (non-hydrogen) atoms. The van der Waals surface area contributed by atoms with Crippen LogP contribution in [-0.4, -0.2) is 35.5 Å². The van der Waals surface area contributed by atoms with Crippen LogP contribution in [0.3, 0.4) is 0 Å². The summed E-state index contributed by atoms with van der Waals surface area (Å²) in [5.74, 6) is 0.354. The second-order valence-corrected chi connectivity index (χ2v) is 6.74. The maximum Gasteiger partial charge on any atom is 0.257 e. The number of pyridine rings is 1. The minimum atomic E-state index is -0.274. The summed E-state index contributed by atoms with van der Waals surface area (Å²) in [7, 11) is 0. The number of fused-ring (bicyclic) bond motifs is 1. The summed E-state index contributed by atoms with van der Waals surface area (Å²) in [4.78, 5) is 17.4. The topological polar surface area (TPSA) is 99.2 Å². The van der Waals surface area contributed by atoms with Gasteiger partial charge < -0.3 is 14.5 Å². The Labute approximate surface area is 176 Å². The summed E-state index contributed by atoms with van der Waals surface area (Å²) in [5, 5.41) is 14.0. The van der Waals surface area contributed by atoms with Crippen LogP contribution in [0, 0.1) is 0 Å². The van der Waals surface area contributed by atoms with E-state index >= 15 is 0 Å². The van der Waals surface area contributed by atoms with Crippen molar-refractivity contribution in [1.82, 2.24) is 29.6 Å². The summed E-state index contributed by atoms with van der Waals surface area (Å²) in [5.41, 5.74) is 3.33. The lowest BCUT2D eigenvalue weighted by atomic mass is 10.1. The van der Waals surface area contributed by atoms with Crippen molar-refractivity contribution in [1.29, 1.82) is 0 Å². The molecule has 0 spiro atoms.